The molecule has 3 heteroatoms. The third kappa shape index (κ3) is 3.02. The molecule has 0 amide bonds. The Morgan fingerprint density at radius 1 is 1.40 bits per heavy atom. The Hall–Kier alpha value is -1.43. The van der Waals surface area contributed by atoms with Gasteiger partial charge in [-0.15, -0.1) is 0 Å². The number of hydrogen-bond acceptors (Lipinski definition) is 3. The van der Waals surface area contributed by atoms with Gasteiger partial charge in [-0.2, -0.15) is 5.26 Å². The Balaban J connectivity index is 2.89. The fourth-order valence-corrected chi connectivity index (χ4v) is 1.49. The average molecular weight is 203 g/mol. The summed E-state index contributed by atoms with van der Waals surface area (Å²) < 4.78 is 0. The zero-order chi connectivity index (χ0) is 11.3. The van der Waals surface area contributed by atoms with E-state index in [-0.39, 0.29) is 5.41 Å². The average Bonchev–Trinajstić information content (AvgIpc) is 2.26. The zero-order valence-corrected chi connectivity index (χ0v) is 9.62. The zero-order valence-electron chi connectivity index (χ0n) is 9.62. The van der Waals surface area contributed by atoms with Gasteiger partial charge in [0.1, 0.15) is 6.07 Å². The number of unbranched alkanes of at least 4 members (excludes halogenated alkanes) is 1. The summed E-state index contributed by atoms with van der Waals surface area (Å²) in [7, 11) is 0. The molecule has 80 valence electrons. The molecule has 0 saturated carbocycles. The Kier molecular flexibility index (Phi) is 3.79. The molecule has 0 unspecified atom stereocenters. The van der Waals surface area contributed by atoms with Crippen molar-refractivity contribution in [3.05, 3.63) is 23.8 Å². The molecule has 0 radical (unpaired) electrons. The highest BCUT2D eigenvalue weighted by Crippen LogP contribution is 2.26. The molecule has 0 saturated heterocycles. The van der Waals surface area contributed by atoms with Crippen LogP contribution in [0.1, 0.15) is 51.4 Å². The van der Waals surface area contributed by atoms with Crippen LogP contribution in [-0.4, -0.2) is 9.97 Å². The highest BCUT2D eigenvalue weighted by Gasteiger charge is 2.22. The van der Waals surface area contributed by atoms with Crippen LogP contribution in [0.5, 0.6) is 0 Å². The number of nitriles is 1. The molecule has 0 bridgehead atoms. The summed E-state index contributed by atoms with van der Waals surface area (Å²) >= 11 is 0. The molecule has 1 aromatic rings. The molecule has 0 N–H and O–H groups in total. The second-order valence-corrected chi connectivity index (χ2v) is 4.39. The summed E-state index contributed by atoms with van der Waals surface area (Å²) in [6.45, 7) is 6.47. The lowest BCUT2D eigenvalue weighted by Crippen LogP contribution is -2.19. The summed E-state index contributed by atoms with van der Waals surface area (Å²) in [6.07, 6.45) is 6.68. The Morgan fingerprint density at radius 3 is 2.73 bits per heavy atom. The number of nitrogens with zero attached hydrogens (tertiary/aromatic N) is 3. The summed E-state index contributed by atoms with van der Waals surface area (Å²) in [5, 5.41) is 8.75. The van der Waals surface area contributed by atoms with Crippen LogP contribution in [0.2, 0.25) is 0 Å². The van der Waals surface area contributed by atoms with Gasteiger partial charge >= 0.3 is 0 Å². The molecule has 0 atom stereocenters. The quantitative estimate of drug-likeness (QED) is 0.756. The first-order valence-corrected chi connectivity index (χ1v) is 5.33. The van der Waals surface area contributed by atoms with E-state index in [0.29, 0.717) is 5.69 Å². The summed E-state index contributed by atoms with van der Waals surface area (Å²) in [5.74, 6) is 0. The number of aromatic nitrogens is 2. The van der Waals surface area contributed by atoms with Crippen LogP contribution in [0.25, 0.3) is 0 Å². The molecular formula is C12H17N3. The van der Waals surface area contributed by atoms with Gasteiger partial charge in [0.05, 0.1) is 11.9 Å². The topological polar surface area (TPSA) is 49.6 Å². The smallest absolute Gasteiger partial charge is 0.159 e. The molecule has 1 aromatic heterocycles. The minimum absolute atomic E-state index is 0.00979. The van der Waals surface area contributed by atoms with E-state index in [1.54, 1.807) is 6.20 Å². The number of rotatable bonds is 4. The van der Waals surface area contributed by atoms with Crippen molar-refractivity contribution in [1.82, 2.24) is 9.97 Å². The van der Waals surface area contributed by atoms with Crippen molar-refractivity contribution < 1.29 is 0 Å². The molecule has 0 aromatic carbocycles. The fraction of sp³-hybridized carbons (Fsp3) is 0.583. The van der Waals surface area contributed by atoms with E-state index in [9.17, 15) is 0 Å². The van der Waals surface area contributed by atoms with Crippen molar-refractivity contribution in [1.29, 1.82) is 5.26 Å². The first-order chi connectivity index (χ1) is 7.10. The van der Waals surface area contributed by atoms with Crippen LogP contribution in [-0.2, 0) is 5.41 Å². The molecule has 1 rings (SSSR count). The normalized spacial score (nSPS) is 11.1. The molecule has 15 heavy (non-hydrogen) atoms. The van der Waals surface area contributed by atoms with E-state index in [1.165, 1.54) is 19.0 Å². The van der Waals surface area contributed by atoms with E-state index >= 15 is 0 Å². The largest absolute Gasteiger partial charge is 0.260 e. The van der Waals surface area contributed by atoms with Gasteiger partial charge in [-0.05, 0) is 6.42 Å². The monoisotopic (exact) mass is 203 g/mol. The lowest BCUT2D eigenvalue weighted by atomic mass is 9.84. The van der Waals surface area contributed by atoms with Gasteiger partial charge in [-0.25, -0.2) is 4.98 Å². The minimum Gasteiger partial charge on any atom is -0.260 e. The maximum Gasteiger partial charge on any atom is 0.159 e. The fourth-order valence-electron chi connectivity index (χ4n) is 1.49. The predicted octanol–water partition coefficient (Wildman–Crippen LogP) is 2.82. The maximum atomic E-state index is 8.75. The Morgan fingerprint density at radius 2 is 2.13 bits per heavy atom. The van der Waals surface area contributed by atoms with Gasteiger partial charge in [-0.1, -0.05) is 33.6 Å². The van der Waals surface area contributed by atoms with Gasteiger partial charge < -0.3 is 0 Å². The minimum atomic E-state index is 0.00979. The standard InChI is InChI=1S/C12H17N3/c1-4-5-6-12(2,3)11-9-14-8-10(7-13)15-11/h8-9H,4-6H2,1-3H3. The lowest BCUT2D eigenvalue weighted by Gasteiger charge is -2.23. The van der Waals surface area contributed by atoms with Crippen molar-refractivity contribution in [2.24, 2.45) is 0 Å². The van der Waals surface area contributed by atoms with Crippen LogP contribution in [0.3, 0.4) is 0 Å². The van der Waals surface area contributed by atoms with Crippen LogP contribution in [0.15, 0.2) is 12.4 Å². The van der Waals surface area contributed by atoms with E-state index < -0.39 is 0 Å². The van der Waals surface area contributed by atoms with Gasteiger partial charge in [0.25, 0.3) is 0 Å². The van der Waals surface area contributed by atoms with E-state index in [0.717, 1.165) is 12.1 Å². The Bertz CT molecular complexity index is 363. The van der Waals surface area contributed by atoms with Crippen LogP contribution < -0.4 is 0 Å². The molecule has 3 nitrogen and oxygen atoms in total. The van der Waals surface area contributed by atoms with Crippen molar-refractivity contribution in [2.75, 3.05) is 0 Å². The molecule has 0 spiro atoms. The summed E-state index contributed by atoms with van der Waals surface area (Å²) in [4.78, 5) is 8.34. The predicted molar refractivity (Wildman–Crippen MR) is 59.3 cm³/mol. The SMILES string of the molecule is CCCCC(C)(C)c1cncc(C#N)n1. The molecule has 0 aliphatic heterocycles. The van der Waals surface area contributed by atoms with Crippen molar-refractivity contribution in [3.63, 3.8) is 0 Å². The molecule has 0 fully saturated rings. The van der Waals surface area contributed by atoms with E-state index in [1.807, 2.05) is 6.07 Å². The molecular weight excluding hydrogens is 186 g/mol. The van der Waals surface area contributed by atoms with Crippen molar-refractivity contribution in [2.45, 2.75) is 45.4 Å². The highest BCUT2D eigenvalue weighted by molar-refractivity contribution is 5.20. The maximum absolute atomic E-state index is 8.75. The molecule has 0 aliphatic rings. The Labute approximate surface area is 91.2 Å². The van der Waals surface area contributed by atoms with Gasteiger partial charge in [0, 0.05) is 11.6 Å². The summed E-state index contributed by atoms with van der Waals surface area (Å²) in [5.41, 5.74) is 1.32. The van der Waals surface area contributed by atoms with E-state index in [4.69, 9.17) is 5.26 Å². The van der Waals surface area contributed by atoms with Crippen LogP contribution >= 0.6 is 0 Å². The van der Waals surface area contributed by atoms with Crippen molar-refractivity contribution >= 4 is 0 Å². The first-order valence-electron chi connectivity index (χ1n) is 5.33. The van der Waals surface area contributed by atoms with Crippen molar-refractivity contribution in [3.8, 4) is 6.07 Å². The number of hydrogen-bond donors (Lipinski definition) is 0. The molecule has 1 heterocycles. The van der Waals surface area contributed by atoms with Crippen LogP contribution in [0.4, 0.5) is 0 Å². The third-order valence-corrected chi connectivity index (χ3v) is 2.60. The highest BCUT2D eigenvalue weighted by atomic mass is 14.8. The van der Waals surface area contributed by atoms with Gasteiger partial charge in [0.2, 0.25) is 0 Å². The molecule has 0 aliphatic carbocycles. The first kappa shape index (κ1) is 11.6. The lowest BCUT2D eigenvalue weighted by molar-refractivity contribution is 0.443. The second-order valence-electron chi connectivity index (χ2n) is 4.39. The van der Waals surface area contributed by atoms with Crippen LogP contribution in [0, 0.1) is 11.3 Å². The van der Waals surface area contributed by atoms with E-state index in [2.05, 4.69) is 30.7 Å². The summed E-state index contributed by atoms with van der Waals surface area (Å²) in [6, 6.07) is 2.02. The second kappa shape index (κ2) is 4.88. The van der Waals surface area contributed by atoms with Gasteiger partial charge in [-0.3, -0.25) is 4.98 Å². The third-order valence-electron chi connectivity index (χ3n) is 2.60. The van der Waals surface area contributed by atoms with Gasteiger partial charge in [0.15, 0.2) is 5.69 Å².